The van der Waals surface area contributed by atoms with Gasteiger partial charge in [-0.3, -0.25) is 0 Å². The average molecular weight is 406 g/mol. The first-order chi connectivity index (χ1) is 14.5. The molecule has 0 saturated carbocycles. The summed E-state index contributed by atoms with van der Waals surface area (Å²) in [6.07, 6.45) is 4.51. The third-order valence-electron chi connectivity index (χ3n) is 5.24. The monoisotopic (exact) mass is 406 g/mol. The van der Waals surface area contributed by atoms with Crippen LogP contribution < -0.4 is 14.8 Å². The highest BCUT2D eigenvalue weighted by Gasteiger charge is 2.17. The summed E-state index contributed by atoms with van der Waals surface area (Å²) in [5, 5.41) is 8.37. The zero-order valence-corrected chi connectivity index (χ0v) is 17.9. The van der Waals surface area contributed by atoms with Gasteiger partial charge in [0.05, 0.1) is 14.2 Å². The zero-order chi connectivity index (χ0) is 21.3. The second-order valence-corrected chi connectivity index (χ2v) is 7.07. The number of aryl methyl sites for hydroxylation is 2. The molecule has 8 nitrogen and oxygen atoms in total. The van der Waals surface area contributed by atoms with Crippen LogP contribution in [0.4, 0.5) is 5.82 Å². The minimum atomic E-state index is 0.559. The summed E-state index contributed by atoms with van der Waals surface area (Å²) in [4.78, 5) is 9.18. The summed E-state index contributed by atoms with van der Waals surface area (Å²) >= 11 is 0. The van der Waals surface area contributed by atoms with Crippen molar-refractivity contribution in [3.8, 4) is 23.0 Å². The van der Waals surface area contributed by atoms with Gasteiger partial charge in [0.15, 0.2) is 11.5 Å². The van der Waals surface area contributed by atoms with Gasteiger partial charge in [-0.1, -0.05) is 6.92 Å². The van der Waals surface area contributed by atoms with E-state index < -0.39 is 0 Å². The third-order valence-corrected chi connectivity index (χ3v) is 5.24. The number of rotatable bonds is 7. The van der Waals surface area contributed by atoms with Crippen LogP contribution in [0, 0.1) is 6.92 Å². The second kappa shape index (κ2) is 8.06. The second-order valence-electron chi connectivity index (χ2n) is 7.07. The zero-order valence-electron chi connectivity index (χ0n) is 17.9. The lowest BCUT2D eigenvalue weighted by molar-refractivity contribution is 0.399. The molecule has 0 aliphatic heterocycles. The lowest BCUT2D eigenvalue weighted by Gasteiger charge is -2.16. The van der Waals surface area contributed by atoms with Crippen LogP contribution in [-0.2, 0) is 20.0 Å². The van der Waals surface area contributed by atoms with Gasteiger partial charge in [-0.15, -0.1) is 0 Å². The maximum absolute atomic E-state index is 5.53. The van der Waals surface area contributed by atoms with Crippen LogP contribution in [0.25, 0.3) is 17.2 Å². The number of ether oxygens (including phenoxy) is 2. The van der Waals surface area contributed by atoms with Gasteiger partial charge in [-0.05, 0) is 31.5 Å². The predicted octanol–water partition coefficient (Wildman–Crippen LogP) is 3.63. The van der Waals surface area contributed by atoms with Gasteiger partial charge in [0.25, 0.3) is 0 Å². The quantitative estimate of drug-likeness (QED) is 0.505. The SMILES string of the molecule is CCc1c(C)nc2cc(-c3nccn3C)nn2c1NCc1cc(OC)ccc1OC. The molecule has 1 aromatic carbocycles. The fraction of sp³-hybridized carbons (Fsp3) is 0.318. The smallest absolute Gasteiger partial charge is 0.160 e. The van der Waals surface area contributed by atoms with Crippen molar-refractivity contribution in [1.29, 1.82) is 0 Å². The molecule has 0 amide bonds. The van der Waals surface area contributed by atoms with Gasteiger partial charge in [0, 0.05) is 48.9 Å². The van der Waals surface area contributed by atoms with E-state index in [9.17, 15) is 0 Å². The van der Waals surface area contributed by atoms with Gasteiger partial charge in [0.1, 0.15) is 23.0 Å². The standard InChI is InChI=1S/C22H26N6O2/c1-6-17-14(2)25-20-12-18(22-23-9-10-27(22)3)26-28(20)21(17)24-13-15-11-16(29-4)7-8-19(15)30-5/h7-12,24H,6,13H2,1-5H3. The van der Waals surface area contributed by atoms with Crippen LogP contribution in [0.3, 0.4) is 0 Å². The Morgan fingerprint density at radius 1 is 1.13 bits per heavy atom. The summed E-state index contributed by atoms with van der Waals surface area (Å²) in [6.45, 7) is 4.71. The summed E-state index contributed by atoms with van der Waals surface area (Å²) in [6, 6.07) is 7.75. The molecule has 4 aromatic rings. The van der Waals surface area contributed by atoms with Crippen molar-refractivity contribution < 1.29 is 9.47 Å². The van der Waals surface area contributed by atoms with Crippen molar-refractivity contribution in [1.82, 2.24) is 24.1 Å². The van der Waals surface area contributed by atoms with E-state index in [1.807, 2.05) is 53.5 Å². The highest BCUT2D eigenvalue weighted by molar-refractivity contribution is 5.63. The number of nitrogens with one attached hydrogen (secondary N) is 1. The fourth-order valence-electron chi connectivity index (χ4n) is 3.68. The van der Waals surface area contributed by atoms with Gasteiger partial charge in [-0.25, -0.2) is 9.97 Å². The fourth-order valence-corrected chi connectivity index (χ4v) is 3.68. The number of benzene rings is 1. The minimum absolute atomic E-state index is 0.559. The van der Waals surface area contributed by atoms with E-state index in [2.05, 4.69) is 17.2 Å². The number of hydrogen-bond donors (Lipinski definition) is 1. The number of nitrogens with zero attached hydrogens (tertiary/aromatic N) is 5. The Morgan fingerprint density at radius 2 is 1.97 bits per heavy atom. The molecule has 0 unspecified atom stereocenters. The maximum atomic E-state index is 5.53. The summed E-state index contributed by atoms with van der Waals surface area (Å²) in [5.41, 5.74) is 4.67. The average Bonchev–Trinajstić information content (AvgIpc) is 3.36. The van der Waals surface area contributed by atoms with Crippen LogP contribution in [0.1, 0.15) is 23.7 Å². The van der Waals surface area contributed by atoms with E-state index in [1.165, 1.54) is 0 Å². The highest BCUT2D eigenvalue weighted by atomic mass is 16.5. The molecular weight excluding hydrogens is 380 g/mol. The van der Waals surface area contributed by atoms with E-state index in [-0.39, 0.29) is 0 Å². The molecule has 3 aromatic heterocycles. The molecule has 30 heavy (non-hydrogen) atoms. The molecule has 0 bridgehead atoms. The van der Waals surface area contributed by atoms with Crippen LogP contribution in [0.15, 0.2) is 36.7 Å². The van der Waals surface area contributed by atoms with Crippen molar-refractivity contribution >= 4 is 11.5 Å². The molecule has 0 aliphatic carbocycles. The Bertz CT molecular complexity index is 1190. The molecule has 156 valence electrons. The predicted molar refractivity (Wildman–Crippen MR) is 116 cm³/mol. The Labute approximate surface area is 175 Å². The number of hydrogen-bond acceptors (Lipinski definition) is 6. The van der Waals surface area contributed by atoms with Gasteiger partial charge >= 0.3 is 0 Å². The molecular formula is C22H26N6O2. The Balaban J connectivity index is 1.77. The van der Waals surface area contributed by atoms with Gasteiger partial charge < -0.3 is 19.4 Å². The van der Waals surface area contributed by atoms with Gasteiger partial charge in [0.2, 0.25) is 0 Å². The van der Waals surface area contributed by atoms with E-state index >= 15 is 0 Å². The lowest BCUT2D eigenvalue weighted by Crippen LogP contribution is -2.11. The molecule has 0 aliphatic rings. The summed E-state index contributed by atoms with van der Waals surface area (Å²) < 4.78 is 14.7. The van der Waals surface area contributed by atoms with Crippen molar-refractivity contribution in [3.05, 3.63) is 53.5 Å². The van der Waals surface area contributed by atoms with Gasteiger partial charge in [-0.2, -0.15) is 9.61 Å². The van der Waals surface area contributed by atoms with Crippen LogP contribution in [-0.4, -0.2) is 38.4 Å². The van der Waals surface area contributed by atoms with Crippen molar-refractivity contribution in [3.63, 3.8) is 0 Å². The lowest BCUT2D eigenvalue weighted by atomic mass is 10.1. The molecule has 8 heteroatoms. The summed E-state index contributed by atoms with van der Waals surface area (Å²) in [5.74, 6) is 3.31. The maximum Gasteiger partial charge on any atom is 0.160 e. The minimum Gasteiger partial charge on any atom is -0.497 e. The first kappa shape index (κ1) is 19.8. The summed E-state index contributed by atoms with van der Waals surface area (Å²) in [7, 11) is 5.29. The number of aromatic nitrogens is 5. The van der Waals surface area contributed by atoms with E-state index in [4.69, 9.17) is 19.6 Å². The molecule has 1 N–H and O–H groups in total. The topological polar surface area (TPSA) is 78.5 Å². The highest BCUT2D eigenvalue weighted by Crippen LogP contribution is 2.28. The molecule has 0 radical (unpaired) electrons. The number of imidazole rings is 1. The Morgan fingerprint density at radius 3 is 2.63 bits per heavy atom. The van der Waals surface area contributed by atoms with Crippen LogP contribution in [0.5, 0.6) is 11.5 Å². The third kappa shape index (κ3) is 3.45. The van der Waals surface area contributed by atoms with E-state index in [0.717, 1.165) is 57.7 Å². The van der Waals surface area contributed by atoms with E-state index in [1.54, 1.807) is 20.4 Å². The Hall–Kier alpha value is -3.55. The van der Waals surface area contributed by atoms with Crippen molar-refractivity contribution in [2.75, 3.05) is 19.5 Å². The van der Waals surface area contributed by atoms with Crippen LogP contribution in [0.2, 0.25) is 0 Å². The number of fused-ring (bicyclic) bond motifs is 1. The molecule has 3 heterocycles. The number of anilines is 1. The van der Waals surface area contributed by atoms with Crippen molar-refractivity contribution in [2.45, 2.75) is 26.8 Å². The molecule has 0 atom stereocenters. The molecule has 4 rings (SSSR count). The van der Waals surface area contributed by atoms with Crippen molar-refractivity contribution in [2.24, 2.45) is 7.05 Å². The molecule has 0 spiro atoms. The largest absolute Gasteiger partial charge is 0.497 e. The first-order valence-corrected chi connectivity index (χ1v) is 9.87. The Kier molecular flexibility index (Phi) is 5.31. The van der Waals surface area contributed by atoms with Crippen LogP contribution >= 0.6 is 0 Å². The first-order valence-electron chi connectivity index (χ1n) is 9.87. The molecule has 0 saturated heterocycles. The molecule has 0 fully saturated rings. The number of methoxy groups -OCH3 is 2. The van der Waals surface area contributed by atoms with E-state index in [0.29, 0.717) is 6.54 Å². The normalized spacial score (nSPS) is 11.1.